The van der Waals surface area contributed by atoms with Crippen molar-refractivity contribution in [1.29, 1.82) is 0 Å². The molecule has 1 N–H and O–H groups in total. The molecule has 0 atom stereocenters. The fourth-order valence-corrected chi connectivity index (χ4v) is 2.88. The van der Waals surface area contributed by atoms with Crippen LogP contribution in [0.1, 0.15) is 31.9 Å². The van der Waals surface area contributed by atoms with Gasteiger partial charge < -0.3 is 15.0 Å². The molecule has 0 bridgehead atoms. The Kier molecular flexibility index (Phi) is 5.03. The van der Waals surface area contributed by atoms with Crippen LogP contribution in [0, 0.1) is 0 Å². The minimum Gasteiger partial charge on any atom is -0.490 e. The Labute approximate surface area is 155 Å². The Morgan fingerprint density at radius 1 is 1.15 bits per heavy atom. The van der Waals surface area contributed by atoms with Crippen molar-refractivity contribution in [1.82, 2.24) is 0 Å². The van der Waals surface area contributed by atoms with Crippen LogP contribution in [0.2, 0.25) is 0 Å². The van der Waals surface area contributed by atoms with Crippen molar-refractivity contribution < 1.29 is 9.53 Å². The summed E-state index contributed by atoms with van der Waals surface area (Å²) in [6.45, 7) is 8.09. The Balaban J connectivity index is 1.65. The molecule has 0 radical (unpaired) electrons. The summed E-state index contributed by atoms with van der Waals surface area (Å²) >= 11 is 0. The second-order valence-corrected chi connectivity index (χ2v) is 7.65. The molecular formula is C22H26N2O2. The molecule has 1 heterocycles. The molecule has 3 rings (SSSR count). The second kappa shape index (κ2) is 7.24. The second-order valence-electron chi connectivity index (χ2n) is 7.65. The van der Waals surface area contributed by atoms with E-state index in [1.165, 1.54) is 5.56 Å². The lowest BCUT2D eigenvalue weighted by Gasteiger charge is -2.28. The average molecular weight is 350 g/mol. The highest BCUT2D eigenvalue weighted by atomic mass is 16.5. The smallest absolute Gasteiger partial charge is 0.248 e. The summed E-state index contributed by atoms with van der Waals surface area (Å²) in [4.78, 5) is 14.3. The third-order valence-electron chi connectivity index (χ3n) is 4.53. The fraction of sp³-hybridized carbons (Fsp3) is 0.318. The predicted octanol–water partition coefficient (Wildman–Crippen LogP) is 4.46. The first-order valence-corrected chi connectivity index (χ1v) is 8.90. The number of fused-ring (bicyclic) bond motifs is 1. The topological polar surface area (TPSA) is 41.6 Å². The van der Waals surface area contributed by atoms with Crippen LogP contribution in [0.3, 0.4) is 0 Å². The average Bonchev–Trinajstić information content (AvgIpc) is 2.60. The number of benzene rings is 2. The molecule has 0 spiro atoms. The van der Waals surface area contributed by atoms with Crippen LogP contribution in [0.25, 0.3) is 6.08 Å². The van der Waals surface area contributed by atoms with Crippen LogP contribution < -0.4 is 15.0 Å². The van der Waals surface area contributed by atoms with Crippen LogP contribution in [0.15, 0.2) is 48.5 Å². The van der Waals surface area contributed by atoms with Gasteiger partial charge in [-0.05, 0) is 40.8 Å². The monoisotopic (exact) mass is 350 g/mol. The van der Waals surface area contributed by atoms with Crippen molar-refractivity contribution in [2.75, 3.05) is 30.4 Å². The number of carbonyl (C=O) groups excluding carboxylic acids is 1. The first kappa shape index (κ1) is 18.1. The van der Waals surface area contributed by atoms with Crippen molar-refractivity contribution in [2.24, 2.45) is 0 Å². The molecule has 1 amide bonds. The molecule has 136 valence electrons. The summed E-state index contributed by atoms with van der Waals surface area (Å²) in [7, 11) is 2.02. The molecule has 0 fully saturated rings. The molecule has 26 heavy (non-hydrogen) atoms. The molecule has 4 nitrogen and oxygen atoms in total. The number of carbonyl (C=O) groups is 1. The van der Waals surface area contributed by atoms with E-state index in [-0.39, 0.29) is 11.3 Å². The standard InChI is InChI=1S/C22H26N2O2/c1-22(2,3)17-8-5-16(6-9-17)7-12-21(25)23-18-10-11-20-19(15-18)24(4)13-14-26-20/h5-12,15H,13-14H2,1-4H3,(H,23,25)/b12-7+. The molecule has 2 aromatic carbocycles. The zero-order chi connectivity index (χ0) is 18.7. The van der Waals surface area contributed by atoms with Gasteiger partial charge in [0, 0.05) is 18.8 Å². The number of likely N-dealkylation sites (N-methyl/N-ethyl adjacent to an activating group) is 1. The van der Waals surface area contributed by atoms with Gasteiger partial charge in [0.2, 0.25) is 5.91 Å². The van der Waals surface area contributed by atoms with E-state index in [9.17, 15) is 4.79 Å². The maximum Gasteiger partial charge on any atom is 0.248 e. The molecule has 0 unspecified atom stereocenters. The zero-order valence-electron chi connectivity index (χ0n) is 15.9. The lowest BCUT2D eigenvalue weighted by Crippen LogP contribution is -2.28. The van der Waals surface area contributed by atoms with Gasteiger partial charge in [-0.25, -0.2) is 0 Å². The maximum absolute atomic E-state index is 12.2. The van der Waals surface area contributed by atoms with Gasteiger partial charge in [-0.2, -0.15) is 0 Å². The quantitative estimate of drug-likeness (QED) is 0.831. The summed E-state index contributed by atoms with van der Waals surface area (Å²) in [5, 5.41) is 2.91. The van der Waals surface area contributed by atoms with Crippen molar-refractivity contribution in [3.63, 3.8) is 0 Å². The van der Waals surface area contributed by atoms with Gasteiger partial charge in [0.1, 0.15) is 12.4 Å². The largest absolute Gasteiger partial charge is 0.490 e. The van der Waals surface area contributed by atoms with E-state index >= 15 is 0 Å². The summed E-state index contributed by atoms with van der Waals surface area (Å²) < 4.78 is 5.62. The van der Waals surface area contributed by atoms with E-state index < -0.39 is 0 Å². The number of nitrogens with zero attached hydrogens (tertiary/aromatic N) is 1. The van der Waals surface area contributed by atoms with Crippen LogP contribution in [-0.2, 0) is 10.2 Å². The highest BCUT2D eigenvalue weighted by Crippen LogP contribution is 2.33. The van der Waals surface area contributed by atoms with Crippen molar-refractivity contribution in [3.05, 3.63) is 59.7 Å². The van der Waals surface area contributed by atoms with Gasteiger partial charge in [-0.1, -0.05) is 45.0 Å². The first-order chi connectivity index (χ1) is 12.3. The lowest BCUT2D eigenvalue weighted by molar-refractivity contribution is -0.111. The molecule has 0 aliphatic carbocycles. The van der Waals surface area contributed by atoms with Crippen molar-refractivity contribution in [2.45, 2.75) is 26.2 Å². The van der Waals surface area contributed by atoms with Crippen LogP contribution >= 0.6 is 0 Å². The van der Waals surface area contributed by atoms with E-state index in [1.807, 2.05) is 43.5 Å². The highest BCUT2D eigenvalue weighted by Gasteiger charge is 2.15. The minimum atomic E-state index is -0.149. The van der Waals surface area contributed by atoms with Crippen LogP contribution in [0.5, 0.6) is 5.75 Å². The highest BCUT2D eigenvalue weighted by molar-refractivity contribution is 6.02. The van der Waals surface area contributed by atoms with Crippen LogP contribution in [0.4, 0.5) is 11.4 Å². The summed E-state index contributed by atoms with van der Waals surface area (Å²) in [5.74, 6) is 0.704. The molecule has 1 aliphatic rings. The normalized spacial score (nSPS) is 14.1. The van der Waals surface area contributed by atoms with E-state index in [4.69, 9.17) is 4.74 Å². The van der Waals surface area contributed by atoms with E-state index in [0.717, 1.165) is 29.2 Å². The molecular weight excluding hydrogens is 324 g/mol. The molecule has 2 aromatic rings. The van der Waals surface area contributed by atoms with Crippen LogP contribution in [-0.4, -0.2) is 26.1 Å². The summed E-state index contributed by atoms with van der Waals surface area (Å²) in [6, 6.07) is 14.0. The van der Waals surface area contributed by atoms with Gasteiger partial charge in [0.05, 0.1) is 12.2 Å². The van der Waals surface area contributed by atoms with E-state index in [1.54, 1.807) is 6.08 Å². The van der Waals surface area contributed by atoms with Gasteiger partial charge in [0.25, 0.3) is 0 Å². The third-order valence-corrected chi connectivity index (χ3v) is 4.53. The summed E-state index contributed by atoms with van der Waals surface area (Å²) in [6.07, 6.45) is 3.39. The number of hydrogen-bond donors (Lipinski definition) is 1. The molecule has 1 aliphatic heterocycles. The number of rotatable bonds is 3. The van der Waals surface area contributed by atoms with Gasteiger partial charge in [-0.3, -0.25) is 4.79 Å². The van der Waals surface area contributed by atoms with Gasteiger partial charge in [-0.15, -0.1) is 0 Å². The zero-order valence-corrected chi connectivity index (χ0v) is 15.9. The molecule has 0 aromatic heterocycles. The SMILES string of the molecule is CN1CCOc2ccc(NC(=O)/C=C/c3ccc(C(C)(C)C)cc3)cc21. The number of amides is 1. The Hall–Kier alpha value is -2.75. The van der Waals surface area contributed by atoms with E-state index in [0.29, 0.717) is 6.61 Å². The molecule has 0 saturated heterocycles. The maximum atomic E-state index is 12.2. The lowest BCUT2D eigenvalue weighted by atomic mass is 9.87. The fourth-order valence-electron chi connectivity index (χ4n) is 2.88. The minimum absolute atomic E-state index is 0.128. The third kappa shape index (κ3) is 4.26. The van der Waals surface area contributed by atoms with E-state index in [2.05, 4.69) is 43.1 Å². The number of nitrogens with one attached hydrogen (secondary N) is 1. The number of ether oxygens (including phenoxy) is 1. The number of hydrogen-bond acceptors (Lipinski definition) is 3. The number of anilines is 2. The molecule has 0 saturated carbocycles. The Bertz CT molecular complexity index is 817. The predicted molar refractivity (Wildman–Crippen MR) is 108 cm³/mol. The van der Waals surface area contributed by atoms with Gasteiger partial charge >= 0.3 is 0 Å². The molecule has 4 heteroatoms. The first-order valence-electron chi connectivity index (χ1n) is 8.90. The van der Waals surface area contributed by atoms with Crippen molar-refractivity contribution in [3.8, 4) is 5.75 Å². The van der Waals surface area contributed by atoms with Crippen molar-refractivity contribution >= 4 is 23.4 Å². The summed E-state index contributed by atoms with van der Waals surface area (Å²) in [5.41, 5.74) is 4.17. The Morgan fingerprint density at radius 2 is 1.88 bits per heavy atom. The van der Waals surface area contributed by atoms with Gasteiger partial charge in [0.15, 0.2) is 0 Å². The Morgan fingerprint density at radius 3 is 2.58 bits per heavy atom.